The van der Waals surface area contributed by atoms with E-state index in [9.17, 15) is 9.59 Å². The van der Waals surface area contributed by atoms with Gasteiger partial charge >= 0.3 is 0 Å². The molecule has 3 aromatic rings. The van der Waals surface area contributed by atoms with Crippen molar-refractivity contribution in [2.75, 3.05) is 7.11 Å². The van der Waals surface area contributed by atoms with Gasteiger partial charge in [0.15, 0.2) is 0 Å². The quantitative estimate of drug-likeness (QED) is 0.602. The zero-order valence-electron chi connectivity index (χ0n) is 17.1. The molecule has 0 aliphatic heterocycles. The van der Waals surface area contributed by atoms with Crippen LogP contribution >= 0.6 is 0 Å². The molecule has 6 nitrogen and oxygen atoms in total. The molecule has 30 heavy (non-hydrogen) atoms. The number of hydrogen-bond donors (Lipinski definition) is 1. The van der Waals surface area contributed by atoms with Gasteiger partial charge < -0.3 is 15.2 Å². The molecule has 0 saturated heterocycles. The summed E-state index contributed by atoms with van der Waals surface area (Å²) in [7, 11) is 1.48. The molecule has 1 saturated carbocycles. The van der Waals surface area contributed by atoms with Crippen LogP contribution in [0.3, 0.4) is 0 Å². The second-order valence-electron chi connectivity index (χ2n) is 7.80. The maximum atomic E-state index is 12.2. The fraction of sp³-hybridized carbons (Fsp3) is 0.292. The van der Waals surface area contributed by atoms with Crippen molar-refractivity contribution in [3.05, 3.63) is 59.3 Å². The third-order valence-corrected chi connectivity index (χ3v) is 5.43. The molecule has 2 aromatic carbocycles. The monoisotopic (exact) mass is 404 g/mol. The molecule has 0 atom stereocenters. The average Bonchev–Trinajstić information content (AvgIpc) is 3.53. The molecule has 1 aliphatic carbocycles. The van der Waals surface area contributed by atoms with Gasteiger partial charge in [0.2, 0.25) is 0 Å². The lowest BCUT2D eigenvalue weighted by atomic mass is 10.0. The molecule has 1 aliphatic rings. The van der Waals surface area contributed by atoms with E-state index in [1.54, 1.807) is 24.4 Å². The lowest BCUT2D eigenvalue weighted by Crippen LogP contribution is -2.12. The van der Waals surface area contributed by atoms with Gasteiger partial charge in [-0.05, 0) is 61.1 Å². The summed E-state index contributed by atoms with van der Waals surface area (Å²) in [5.41, 5.74) is 8.42. The SMILES string of the molecule is COc1cc2nccc(Oc3ccc(CC(=O)CC4CC4)c(C)c3)c2cc1C(N)=O. The number of methoxy groups -OCH3 is 1. The molecular weight excluding hydrogens is 380 g/mol. The van der Waals surface area contributed by atoms with E-state index in [0.717, 1.165) is 11.1 Å². The third kappa shape index (κ3) is 4.27. The van der Waals surface area contributed by atoms with Crippen molar-refractivity contribution >= 4 is 22.6 Å². The van der Waals surface area contributed by atoms with E-state index < -0.39 is 5.91 Å². The van der Waals surface area contributed by atoms with E-state index in [2.05, 4.69) is 4.98 Å². The van der Waals surface area contributed by atoms with Crippen molar-refractivity contribution in [2.45, 2.75) is 32.6 Å². The number of fused-ring (bicyclic) bond motifs is 1. The predicted octanol–water partition coefficient (Wildman–Crippen LogP) is 4.35. The van der Waals surface area contributed by atoms with Crippen LogP contribution in [0.1, 0.15) is 40.7 Å². The van der Waals surface area contributed by atoms with Crippen LogP contribution in [-0.2, 0) is 11.2 Å². The summed E-state index contributed by atoms with van der Waals surface area (Å²) < 4.78 is 11.3. The predicted molar refractivity (Wildman–Crippen MR) is 114 cm³/mol. The molecule has 0 radical (unpaired) electrons. The smallest absolute Gasteiger partial charge is 0.252 e. The molecule has 1 aromatic heterocycles. The first kappa shape index (κ1) is 19.9. The number of carbonyl (C=O) groups excluding carboxylic acids is 2. The van der Waals surface area contributed by atoms with Gasteiger partial charge in [0.1, 0.15) is 23.0 Å². The summed E-state index contributed by atoms with van der Waals surface area (Å²) in [6, 6.07) is 10.8. The Morgan fingerprint density at radius 1 is 1.13 bits per heavy atom. The number of amides is 1. The molecule has 2 N–H and O–H groups in total. The highest BCUT2D eigenvalue weighted by Gasteiger charge is 2.24. The molecule has 1 fully saturated rings. The number of ether oxygens (including phenoxy) is 2. The minimum Gasteiger partial charge on any atom is -0.496 e. The van der Waals surface area contributed by atoms with Gasteiger partial charge in [0, 0.05) is 30.5 Å². The number of nitrogens with zero attached hydrogens (tertiary/aromatic N) is 1. The summed E-state index contributed by atoms with van der Waals surface area (Å²) in [6.07, 6.45) is 5.15. The number of nitrogens with two attached hydrogens (primary N) is 1. The van der Waals surface area contributed by atoms with E-state index in [1.807, 2.05) is 25.1 Å². The van der Waals surface area contributed by atoms with Gasteiger partial charge in [-0.1, -0.05) is 6.07 Å². The molecule has 1 amide bonds. The molecular formula is C24H24N2O4. The number of primary amides is 1. The summed E-state index contributed by atoms with van der Waals surface area (Å²) in [4.78, 5) is 28.3. The topological polar surface area (TPSA) is 91.5 Å². The summed E-state index contributed by atoms with van der Waals surface area (Å²) >= 11 is 0. The highest BCUT2D eigenvalue weighted by Crippen LogP contribution is 2.35. The van der Waals surface area contributed by atoms with Gasteiger partial charge in [-0.2, -0.15) is 0 Å². The van der Waals surface area contributed by atoms with E-state index >= 15 is 0 Å². The first-order chi connectivity index (χ1) is 14.4. The van der Waals surface area contributed by atoms with Crippen molar-refractivity contribution in [1.29, 1.82) is 0 Å². The van der Waals surface area contributed by atoms with Crippen molar-refractivity contribution in [2.24, 2.45) is 11.7 Å². The van der Waals surface area contributed by atoms with Crippen LogP contribution in [0.25, 0.3) is 10.9 Å². The lowest BCUT2D eigenvalue weighted by Gasteiger charge is -2.13. The number of aromatic nitrogens is 1. The van der Waals surface area contributed by atoms with Gasteiger partial charge in [0.25, 0.3) is 5.91 Å². The van der Waals surface area contributed by atoms with Crippen molar-refractivity contribution in [1.82, 2.24) is 4.98 Å². The average molecular weight is 404 g/mol. The fourth-order valence-corrected chi connectivity index (χ4v) is 3.58. The molecule has 6 heteroatoms. The Morgan fingerprint density at radius 2 is 1.93 bits per heavy atom. The third-order valence-electron chi connectivity index (χ3n) is 5.43. The summed E-state index contributed by atoms with van der Waals surface area (Å²) in [5, 5.41) is 0.661. The van der Waals surface area contributed by atoms with Crippen molar-refractivity contribution in [3.8, 4) is 17.2 Å². The van der Waals surface area contributed by atoms with Gasteiger partial charge in [-0.25, -0.2) is 0 Å². The second-order valence-corrected chi connectivity index (χ2v) is 7.80. The van der Waals surface area contributed by atoms with Crippen molar-refractivity contribution < 1.29 is 19.1 Å². The second kappa shape index (κ2) is 8.14. The zero-order valence-corrected chi connectivity index (χ0v) is 17.1. The molecule has 0 spiro atoms. The largest absolute Gasteiger partial charge is 0.496 e. The van der Waals surface area contributed by atoms with Crippen LogP contribution in [0.4, 0.5) is 0 Å². The van der Waals surface area contributed by atoms with Gasteiger partial charge in [-0.3, -0.25) is 14.6 Å². The normalized spacial score (nSPS) is 13.3. The van der Waals surface area contributed by atoms with E-state index in [-0.39, 0.29) is 5.56 Å². The van der Waals surface area contributed by atoms with Gasteiger partial charge in [-0.15, -0.1) is 0 Å². The van der Waals surface area contributed by atoms with Crippen LogP contribution in [-0.4, -0.2) is 23.8 Å². The number of hydrogen-bond acceptors (Lipinski definition) is 5. The highest BCUT2D eigenvalue weighted by atomic mass is 16.5. The maximum Gasteiger partial charge on any atom is 0.252 e. The number of ketones is 1. The number of Topliss-reactive ketones (excluding diaryl/α,β-unsaturated/α-hetero) is 1. The van der Waals surface area contributed by atoms with Crippen LogP contribution in [0.2, 0.25) is 0 Å². The minimum atomic E-state index is -0.584. The first-order valence-electron chi connectivity index (χ1n) is 10.00. The molecule has 154 valence electrons. The minimum absolute atomic E-state index is 0.267. The zero-order chi connectivity index (χ0) is 21.3. The van der Waals surface area contributed by atoms with Gasteiger partial charge in [0.05, 0.1) is 18.2 Å². The number of rotatable bonds is 8. The van der Waals surface area contributed by atoms with Crippen LogP contribution in [0.15, 0.2) is 42.6 Å². The Kier molecular flexibility index (Phi) is 5.40. The summed E-state index contributed by atoms with van der Waals surface area (Å²) in [5.74, 6) is 1.89. The van der Waals surface area contributed by atoms with E-state index in [4.69, 9.17) is 15.2 Å². The summed E-state index contributed by atoms with van der Waals surface area (Å²) in [6.45, 7) is 1.98. The number of pyridine rings is 1. The van der Waals surface area contributed by atoms with Crippen molar-refractivity contribution in [3.63, 3.8) is 0 Å². The fourth-order valence-electron chi connectivity index (χ4n) is 3.58. The molecule has 0 bridgehead atoms. The van der Waals surface area contributed by atoms with E-state index in [1.165, 1.54) is 20.0 Å². The number of benzene rings is 2. The van der Waals surface area contributed by atoms with Crippen LogP contribution < -0.4 is 15.2 Å². The van der Waals surface area contributed by atoms with Crippen LogP contribution in [0.5, 0.6) is 17.2 Å². The lowest BCUT2D eigenvalue weighted by molar-refractivity contribution is -0.118. The Hall–Kier alpha value is -3.41. The standard InChI is InChI=1S/C24H24N2O4/c1-14-9-18(6-5-16(14)11-17(27)10-15-3-4-15)30-22-7-8-26-21-13-23(29-2)20(24(25)28)12-19(21)22/h5-9,12-13,15H,3-4,10-11H2,1-2H3,(H2,25,28). The molecule has 4 rings (SSSR count). The Morgan fingerprint density at radius 3 is 2.60 bits per heavy atom. The maximum absolute atomic E-state index is 12.2. The Labute approximate surface area is 175 Å². The highest BCUT2D eigenvalue weighted by molar-refractivity contribution is 6.01. The first-order valence-corrected chi connectivity index (χ1v) is 10.00. The Balaban J connectivity index is 1.60. The Bertz CT molecular complexity index is 1140. The molecule has 0 unspecified atom stereocenters. The number of aryl methyl sites for hydroxylation is 1. The number of carbonyl (C=O) groups is 2. The van der Waals surface area contributed by atoms with Crippen LogP contribution in [0, 0.1) is 12.8 Å². The molecule has 1 heterocycles. The van der Waals surface area contributed by atoms with E-state index in [0.29, 0.717) is 52.7 Å².